The molecule has 1 aromatic carbocycles. The summed E-state index contributed by atoms with van der Waals surface area (Å²) < 4.78 is 5.19. The van der Waals surface area contributed by atoms with Crippen LogP contribution >= 0.6 is 0 Å². The second-order valence-corrected chi connectivity index (χ2v) is 3.70. The van der Waals surface area contributed by atoms with Gasteiger partial charge < -0.3 is 14.7 Å². The molecule has 0 saturated carbocycles. The van der Waals surface area contributed by atoms with Crippen LogP contribution < -0.4 is 5.32 Å². The minimum Gasteiger partial charge on any atom is -0.463 e. The lowest BCUT2D eigenvalue weighted by atomic mass is 10.3. The van der Waals surface area contributed by atoms with Crippen molar-refractivity contribution in [2.75, 3.05) is 5.32 Å². The van der Waals surface area contributed by atoms with Gasteiger partial charge in [0.05, 0.1) is 11.8 Å². The zero-order valence-corrected chi connectivity index (χ0v) is 8.94. The molecule has 0 radical (unpaired) electrons. The van der Waals surface area contributed by atoms with Crippen molar-refractivity contribution in [3.63, 3.8) is 0 Å². The van der Waals surface area contributed by atoms with E-state index in [9.17, 15) is 4.79 Å². The van der Waals surface area contributed by atoms with E-state index in [0.29, 0.717) is 11.3 Å². The lowest BCUT2D eigenvalue weighted by molar-refractivity contribution is 0.102. The Morgan fingerprint density at radius 2 is 2.00 bits per heavy atom. The summed E-state index contributed by atoms with van der Waals surface area (Å²) in [5.41, 5.74) is 2.76. The van der Waals surface area contributed by atoms with Gasteiger partial charge in [-0.2, -0.15) is 0 Å². The predicted octanol–water partition coefficient (Wildman–Crippen LogP) is 3.01. The van der Waals surface area contributed by atoms with E-state index in [1.807, 2.05) is 30.3 Å². The molecule has 0 fully saturated rings. The predicted molar refractivity (Wildman–Crippen MR) is 65.0 cm³/mol. The van der Waals surface area contributed by atoms with Gasteiger partial charge in [0.25, 0.3) is 5.91 Å². The maximum atomic E-state index is 11.9. The van der Waals surface area contributed by atoms with Gasteiger partial charge in [-0.3, -0.25) is 4.79 Å². The van der Waals surface area contributed by atoms with Crippen LogP contribution in [0.15, 0.2) is 53.1 Å². The summed E-state index contributed by atoms with van der Waals surface area (Å²) in [7, 11) is 0. The van der Waals surface area contributed by atoms with E-state index in [2.05, 4.69) is 10.3 Å². The first-order valence-corrected chi connectivity index (χ1v) is 5.25. The number of hydrogen-bond acceptors (Lipinski definition) is 2. The molecule has 0 unspecified atom stereocenters. The Morgan fingerprint density at radius 1 is 1.18 bits per heavy atom. The minimum atomic E-state index is -0.178. The van der Waals surface area contributed by atoms with Crippen LogP contribution in [0.4, 0.5) is 5.69 Å². The zero-order chi connectivity index (χ0) is 11.7. The Kier molecular flexibility index (Phi) is 2.19. The van der Waals surface area contributed by atoms with Crippen LogP contribution in [0, 0.1) is 0 Å². The van der Waals surface area contributed by atoms with Crippen LogP contribution in [0.25, 0.3) is 11.1 Å². The van der Waals surface area contributed by atoms with Gasteiger partial charge in [-0.15, -0.1) is 0 Å². The summed E-state index contributed by atoms with van der Waals surface area (Å²) in [5, 5.41) is 2.80. The third-order valence-corrected chi connectivity index (χ3v) is 2.52. The smallest absolute Gasteiger partial charge is 0.272 e. The van der Waals surface area contributed by atoms with Crippen molar-refractivity contribution in [2.45, 2.75) is 0 Å². The van der Waals surface area contributed by atoms with Crippen LogP contribution in [0.2, 0.25) is 0 Å². The molecule has 0 atom stereocenters. The first-order valence-electron chi connectivity index (χ1n) is 5.25. The quantitative estimate of drug-likeness (QED) is 0.705. The van der Waals surface area contributed by atoms with Crippen LogP contribution in [0.5, 0.6) is 0 Å². The van der Waals surface area contributed by atoms with Crippen LogP contribution in [-0.2, 0) is 0 Å². The summed E-state index contributed by atoms with van der Waals surface area (Å²) in [6.45, 7) is 0. The number of furan rings is 1. The molecule has 0 aliphatic carbocycles. The molecule has 3 rings (SSSR count). The SMILES string of the molecule is O=C(Nc1ccccc1)c1cc2occc2[nH]1. The van der Waals surface area contributed by atoms with Crippen molar-refractivity contribution >= 4 is 22.7 Å². The van der Waals surface area contributed by atoms with Crippen molar-refractivity contribution in [3.8, 4) is 0 Å². The van der Waals surface area contributed by atoms with Crippen LogP contribution in [0.3, 0.4) is 0 Å². The maximum absolute atomic E-state index is 11.9. The molecule has 3 aromatic rings. The largest absolute Gasteiger partial charge is 0.463 e. The highest BCUT2D eigenvalue weighted by molar-refractivity contribution is 6.05. The normalized spacial score (nSPS) is 10.6. The van der Waals surface area contributed by atoms with Gasteiger partial charge >= 0.3 is 0 Å². The van der Waals surface area contributed by atoms with E-state index in [-0.39, 0.29) is 5.91 Å². The van der Waals surface area contributed by atoms with Gasteiger partial charge in [0, 0.05) is 17.8 Å². The number of rotatable bonds is 2. The number of nitrogens with one attached hydrogen (secondary N) is 2. The summed E-state index contributed by atoms with van der Waals surface area (Å²) in [5.74, 6) is -0.178. The van der Waals surface area contributed by atoms with E-state index < -0.39 is 0 Å². The van der Waals surface area contributed by atoms with Gasteiger partial charge in [0.2, 0.25) is 0 Å². The lowest BCUT2D eigenvalue weighted by Crippen LogP contribution is -2.11. The number of fused-ring (bicyclic) bond motifs is 1. The Bertz CT molecular complexity index is 624. The molecule has 0 bridgehead atoms. The minimum absolute atomic E-state index is 0.178. The van der Waals surface area contributed by atoms with Crippen LogP contribution in [0.1, 0.15) is 10.5 Å². The first kappa shape index (κ1) is 9.72. The van der Waals surface area contributed by atoms with Gasteiger partial charge in [-0.1, -0.05) is 18.2 Å². The molecule has 0 aliphatic rings. The van der Waals surface area contributed by atoms with E-state index in [4.69, 9.17) is 4.42 Å². The summed E-state index contributed by atoms with van der Waals surface area (Å²) in [4.78, 5) is 14.9. The number of anilines is 1. The molecule has 0 aliphatic heterocycles. The van der Waals surface area contributed by atoms with Crippen molar-refractivity contribution in [1.29, 1.82) is 0 Å². The van der Waals surface area contributed by atoms with Gasteiger partial charge in [-0.05, 0) is 12.1 Å². The average Bonchev–Trinajstić information content (AvgIpc) is 2.90. The molecule has 4 nitrogen and oxygen atoms in total. The standard InChI is InChI=1S/C13H10N2O2/c16-13(14-9-4-2-1-3-5-9)11-8-12-10(15-11)6-7-17-12/h1-8,15H,(H,14,16). The molecule has 84 valence electrons. The monoisotopic (exact) mass is 226 g/mol. The van der Waals surface area contributed by atoms with Crippen molar-refractivity contribution in [1.82, 2.24) is 4.98 Å². The number of benzene rings is 1. The number of para-hydroxylation sites is 1. The molecule has 0 saturated heterocycles. The molecule has 17 heavy (non-hydrogen) atoms. The molecule has 2 aromatic heterocycles. The number of H-pyrrole nitrogens is 1. The van der Waals surface area contributed by atoms with E-state index in [0.717, 1.165) is 11.2 Å². The van der Waals surface area contributed by atoms with Crippen molar-refractivity contribution < 1.29 is 9.21 Å². The highest BCUT2D eigenvalue weighted by Gasteiger charge is 2.10. The Labute approximate surface area is 97.2 Å². The molecule has 1 amide bonds. The fourth-order valence-corrected chi connectivity index (χ4v) is 1.69. The Hall–Kier alpha value is -2.49. The highest BCUT2D eigenvalue weighted by atomic mass is 16.3. The number of aromatic nitrogens is 1. The summed E-state index contributed by atoms with van der Waals surface area (Å²) >= 11 is 0. The fourth-order valence-electron chi connectivity index (χ4n) is 1.69. The third-order valence-electron chi connectivity index (χ3n) is 2.52. The molecule has 0 spiro atoms. The number of carbonyl (C=O) groups is 1. The topological polar surface area (TPSA) is 58.0 Å². The van der Waals surface area contributed by atoms with Gasteiger partial charge in [0.15, 0.2) is 5.58 Å². The van der Waals surface area contributed by atoms with E-state index in [1.165, 1.54) is 0 Å². The second kappa shape index (κ2) is 3.83. The average molecular weight is 226 g/mol. The summed E-state index contributed by atoms with van der Waals surface area (Å²) in [6, 6.07) is 12.8. The third kappa shape index (κ3) is 1.80. The lowest BCUT2D eigenvalue weighted by Gasteiger charge is -2.02. The molecular weight excluding hydrogens is 216 g/mol. The van der Waals surface area contributed by atoms with E-state index >= 15 is 0 Å². The fraction of sp³-hybridized carbons (Fsp3) is 0. The van der Waals surface area contributed by atoms with Crippen molar-refractivity contribution in [2.24, 2.45) is 0 Å². The number of hydrogen-bond donors (Lipinski definition) is 2. The molecule has 4 heteroatoms. The van der Waals surface area contributed by atoms with Gasteiger partial charge in [-0.25, -0.2) is 0 Å². The van der Waals surface area contributed by atoms with Crippen LogP contribution in [-0.4, -0.2) is 10.9 Å². The van der Waals surface area contributed by atoms with Crippen molar-refractivity contribution in [3.05, 3.63) is 54.4 Å². The number of amides is 1. The zero-order valence-electron chi connectivity index (χ0n) is 8.94. The second-order valence-electron chi connectivity index (χ2n) is 3.70. The Morgan fingerprint density at radius 3 is 2.76 bits per heavy atom. The summed E-state index contributed by atoms with van der Waals surface area (Å²) in [6.07, 6.45) is 1.58. The molecule has 2 N–H and O–H groups in total. The van der Waals surface area contributed by atoms with Gasteiger partial charge in [0.1, 0.15) is 5.69 Å². The Balaban J connectivity index is 1.85. The molecular formula is C13H10N2O2. The highest BCUT2D eigenvalue weighted by Crippen LogP contribution is 2.17. The number of carbonyl (C=O) groups excluding carboxylic acids is 1. The molecule has 2 heterocycles. The maximum Gasteiger partial charge on any atom is 0.272 e. The first-order chi connectivity index (χ1) is 8.33. The van der Waals surface area contributed by atoms with E-state index in [1.54, 1.807) is 18.4 Å². The number of aromatic amines is 1.